The second kappa shape index (κ2) is 7.11. The van der Waals surface area contributed by atoms with Gasteiger partial charge in [-0.05, 0) is 25.0 Å². The Morgan fingerprint density at radius 3 is 2.66 bits per heavy atom. The van der Waals surface area contributed by atoms with Crippen LogP contribution in [0, 0.1) is 11.8 Å². The third-order valence-electron chi connectivity index (χ3n) is 6.83. The molecule has 2 aromatic heterocycles. The Morgan fingerprint density at radius 1 is 1.17 bits per heavy atom. The van der Waals surface area contributed by atoms with Gasteiger partial charge in [0.05, 0.1) is 12.8 Å². The number of para-hydroxylation sites is 1. The summed E-state index contributed by atoms with van der Waals surface area (Å²) in [5, 5.41) is 12.8. The first-order valence-corrected chi connectivity index (χ1v) is 10.4. The van der Waals surface area contributed by atoms with E-state index < -0.39 is 5.60 Å². The zero-order chi connectivity index (χ0) is 20.0. The van der Waals surface area contributed by atoms with Crippen LogP contribution in [0.15, 0.2) is 42.7 Å². The largest absolute Gasteiger partial charge is 0.494 e. The summed E-state index contributed by atoms with van der Waals surface area (Å²) in [7, 11) is 3.67. The van der Waals surface area contributed by atoms with Crippen LogP contribution in [-0.2, 0) is 19.2 Å². The lowest BCUT2D eigenvalue weighted by Gasteiger charge is -2.52. The highest BCUT2D eigenvalue weighted by Crippen LogP contribution is 2.48. The number of hydrogen-bond acceptors (Lipinski definition) is 5. The van der Waals surface area contributed by atoms with E-state index in [0.29, 0.717) is 0 Å². The number of methoxy groups -OCH3 is 1. The third kappa shape index (κ3) is 3.02. The number of fused-ring (bicyclic) bond motifs is 3. The second-order valence-corrected chi connectivity index (χ2v) is 8.54. The second-order valence-electron chi connectivity index (χ2n) is 8.54. The lowest BCUT2D eigenvalue weighted by atomic mass is 9.65. The SMILES string of the molecule is COc1cccc2ccc(CN3C[C@H]4CCC[C@@H](C3)C4(O)c3nccn3C)nc12. The minimum Gasteiger partial charge on any atom is -0.494 e. The molecule has 5 rings (SSSR count). The van der Waals surface area contributed by atoms with Gasteiger partial charge in [-0.2, -0.15) is 0 Å². The van der Waals surface area contributed by atoms with Crippen molar-refractivity contribution in [1.29, 1.82) is 0 Å². The highest BCUT2D eigenvalue weighted by atomic mass is 16.5. The van der Waals surface area contributed by atoms with Crippen molar-refractivity contribution in [2.45, 2.75) is 31.4 Å². The standard InChI is InChI=1S/C23H28N4O2/c1-26-12-11-24-22(26)23(28)17-6-4-7-18(23)14-27(13-17)15-19-10-9-16-5-3-8-20(29-2)21(16)25-19/h3,5,8-12,17-18,28H,4,6-7,13-15H2,1-2H3/t17-,18+,23?. The average Bonchev–Trinajstić information content (AvgIpc) is 3.15. The molecular weight excluding hydrogens is 364 g/mol. The quantitative estimate of drug-likeness (QED) is 0.739. The molecule has 1 aliphatic heterocycles. The summed E-state index contributed by atoms with van der Waals surface area (Å²) in [6.45, 7) is 2.52. The lowest BCUT2D eigenvalue weighted by Crippen LogP contribution is -2.58. The van der Waals surface area contributed by atoms with Crippen LogP contribution in [0.1, 0.15) is 30.8 Å². The molecule has 3 aromatic rings. The van der Waals surface area contributed by atoms with E-state index >= 15 is 0 Å². The van der Waals surface area contributed by atoms with Gasteiger partial charge in [0.15, 0.2) is 0 Å². The number of aromatic nitrogens is 3. The Labute approximate surface area is 171 Å². The van der Waals surface area contributed by atoms with Crippen molar-refractivity contribution in [2.24, 2.45) is 18.9 Å². The van der Waals surface area contributed by atoms with Gasteiger partial charge in [-0.15, -0.1) is 0 Å². The normalized spacial score (nSPS) is 27.3. The number of piperidine rings is 1. The number of hydrogen-bond donors (Lipinski definition) is 1. The Bertz CT molecular complexity index is 1020. The van der Waals surface area contributed by atoms with Gasteiger partial charge in [-0.3, -0.25) is 4.90 Å². The van der Waals surface area contributed by atoms with E-state index in [1.807, 2.05) is 29.9 Å². The maximum absolute atomic E-state index is 11.7. The number of aryl methyl sites for hydroxylation is 1. The molecule has 1 N–H and O–H groups in total. The number of likely N-dealkylation sites (tertiary alicyclic amines) is 1. The molecule has 3 atom stereocenters. The first-order valence-electron chi connectivity index (χ1n) is 10.4. The first kappa shape index (κ1) is 18.6. The summed E-state index contributed by atoms with van der Waals surface area (Å²) in [4.78, 5) is 11.9. The van der Waals surface area contributed by atoms with Gasteiger partial charge in [-0.1, -0.05) is 24.6 Å². The van der Waals surface area contributed by atoms with E-state index in [0.717, 1.165) is 60.6 Å². The van der Waals surface area contributed by atoms with E-state index in [4.69, 9.17) is 9.72 Å². The summed E-state index contributed by atoms with van der Waals surface area (Å²) in [5.41, 5.74) is 1.13. The van der Waals surface area contributed by atoms with Gasteiger partial charge in [0, 0.05) is 56.3 Å². The van der Waals surface area contributed by atoms with Crippen molar-refractivity contribution in [1.82, 2.24) is 19.4 Å². The van der Waals surface area contributed by atoms with Crippen LogP contribution < -0.4 is 4.74 Å². The molecule has 1 aromatic carbocycles. The molecule has 29 heavy (non-hydrogen) atoms. The van der Waals surface area contributed by atoms with Crippen LogP contribution in [0.4, 0.5) is 0 Å². The Hall–Kier alpha value is -2.44. The summed E-state index contributed by atoms with van der Waals surface area (Å²) < 4.78 is 7.48. The predicted octanol–water partition coefficient (Wildman–Crippen LogP) is 3.10. The molecule has 6 heteroatoms. The van der Waals surface area contributed by atoms with Crippen LogP contribution in [0.2, 0.25) is 0 Å². The number of ether oxygens (including phenoxy) is 1. The molecular formula is C23H28N4O2. The molecule has 1 aliphatic carbocycles. The molecule has 2 bridgehead atoms. The molecule has 2 aliphatic rings. The predicted molar refractivity (Wildman–Crippen MR) is 112 cm³/mol. The van der Waals surface area contributed by atoms with Crippen LogP contribution in [0.25, 0.3) is 10.9 Å². The van der Waals surface area contributed by atoms with E-state index in [2.05, 4.69) is 28.1 Å². The van der Waals surface area contributed by atoms with Crippen molar-refractivity contribution in [3.8, 4) is 5.75 Å². The third-order valence-corrected chi connectivity index (χ3v) is 6.83. The van der Waals surface area contributed by atoms with Gasteiger partial charge >= 0.3 is 0 Å². The van der Waals surface area contributed by atoms with E-state index in [-0.39, 0.29) is 11.8 Å². The topological polar surface area (TPSA) is 63.4 Å². The van der Waals surface area contributed by atoms with Crippen LogP contribution in [0.3, 0.4) is 0 Å². The van der Waals surface area contributed by atoms with Crippen LogP contribution >= 0.6 is 0 Å². The summed E-state index contributed by atoms with van der Waals surface area (Å²) in [6.07, 6.45) is 6.98. The molecule has 1 unspecified atom stereocenters. The van der Waals surface area contributed by atoms with Gasteiger partial charge in [0.1, 0.15) is 22.7 Å². The number of benzene rings is 1. The monoisotopic (exact) mass is 392 g/mol. The number of nitrogens with zero attached hydrogens (tertiary/aromatic N) is 4. The number of rotatable bonds is 4. The van der Waals surface area contributed by atoms with Gasteiger partial charge < -0.3 is 14.4 Å². The summed E-state index contributed by atoms with van der Waals surface area (Å²) in [5.74, 6) is 2.03. The smallest absolute Gasteiger partial charge is 0.145 e. The number of imidazole rings is 1. The van der Waals surface area contributed by atoms with Gasteiger partial charge in [-0.25, -0.2) is 9.97 Å². The zero-order valence-corrected chi connectivity index (χ0v) is 17.1. The van der Waals surface area contributed by atoms with E-state index in [1.54, 1.807) is 13.3 Å². The maximum Gasteiger partial charge on any atom is 0.145 e. The highest BCUT2D eigenvalue weighted by molar-refractivity contribution is 5.84. The number of pyridine rings is 1. The van der Waals surface area contributed by atoms with Crippen molar-refractivity contribution in [3.05, 3.63) is 54.2 Å². The Balaban J connectivity index is 1.41. The average molecular weight is 393 g/mol. The highest BCUT2D eigenvalue weighted by Gasteiger charge is 2.53. The Morgan fingerprint density at radius 2 is 1.97 bits per heavy atom. The molecule has 1 saturated heterocycles. The van der Waals surface area contributed by atoms with Crippen molar-refractivity contribution in [3.63, 3.8) is 0 Å². The molecule has 6 nitrogen and oxygen atoms in total. The minimum atomic E-state index is -0.826. The molecule has 0 radical (unpaired) electrons. The lowest BCUT2D eigenvalue weighted by molar-refractivity contribution is -0.155. The molecule has 0 amide bonds. The minimum absolute atomic E-state index is 0.200. The van der Waals surface area contributed by atoms with E-state index in [9.17, 15) is 5.11 Å². The van der Waals surface area contributed by atoms with Gasteiger partial charge in [0.2, 0.25) is 0 Å². The van der Waals surface area contributed by atoms with Crippen LogP contribution in [-0.4, -0.2) is 44.7 Å². The first-order chi connectivity index (χ1) is 14.1. The molecule has 0 spiro atoms. The maximum atomic E-state index is 11.7. The van der Waals surface area contributed by atoms with Crippen LogP contribution in [0.5, 0.6) is 5.75 Å². The Kier molecular flexibility index (Phi) is 4.56. The van der Waals surface area contributed by atoms with Crippen molar-refractivity contribution in [2.75, 3.05) is 20.2 Å². The fraction of sp³-hybridized carbons (Fsp3) is 0.478. The van der Waals surface area contributed by atoms with E-state index in [1.165, 1.54) is 6.42 Å². The zero-order valence-electron chi connectivity index (χ0n) is 17.1. The van der Waals surface area contributed by atoms with Gasteiger partial charge in [0.25, 0.3) is 0 Å². The fourth-order valence-corrected chi connectivity index (χ4v) is 5.43. The molecule has 1 saturated carbocycles. The fourth-order valence-electron chi connectivity index (χ4n) is 5.43. The summed E-state index contributed by atoms with van der Waals surface area (Å²) >= 11 is 0. The molecule has 152 valence electrons. The number of aliphatic hydroxyl groups is 1. The van der Waals surface area contributed by atoms with Crippen molar-refractivity contribution >= 4 is 10.9 Å². The molecule has 3 heterocycles. The van der Waals surface area contributed by atoms with Crippen molar-refractivity contribution < 1.29 is 9.84 Å². The molecule has 2 fully saturated rings. The summed E-state index contributed by atoms with van der Waals surface area (Å²) in [6, 6.07) is 10.2.